The van der Waals surface area contributed by atoms with Crippen molar-refractivity contribution in [2.45, 2.75) is 16.7 Å². The zero-order chi connectivity index (χ0) is 23.5. The third-order valence-electron chi connectivity index (χ3n) is 4.45. The topological polar surface area (TPSA) is 111 Å². The van der Waals surface area contributed by atoms with Gasteiger partial charge in [0.2, 0.25) is 0 Å². The van der Waals surface area contributed by atoms with Crippen LogP contribution in [0.2, 0.25) is 0 Å². The minimum Gasteiger partial charge on any atom is -0.496 e. The summed E-state index contributed by atoms with van der Waals surface area (Å²) in [6.45, 7) is 1.84. The number of halogens is 1. The number of hydrogen-bond donors (Lipinski definition) is 2. The fraction of sp³-hybridized carbons (Fsp3) is 0.143. The number of rotatable bonds is 8. The third kappa shape index (κ3) is 5.45. The predicted octanol–water partition coefficient (Wildman–Crippen LogP) is 4.22. The van der Waals surface area contributed by atoms with E-state index in [0.717, 1.165) is 5.56 Å². The molecule has 0 aliphatic carbocycles. The van der Waals surface area contributed by atoms with Gasteiger partial charge in [0.05, 0.1) is 33.3 Å². The van der Waals surface area contributed by atoms with Crippen molar-refractivity contribution in [1.29, 1.82) is 0 Å². The van der Waals surface area contributed by atoms with E-state index in [9.17, 15) is 16.8 Å². The number of ether oxygens (including phenoxy) is 2. The Hall–Kier alpha value is -2.51. The Morgan fingerprint density at radius 3 is 1.88 bits per heavy atom. The van der Waals surface area contributed by atoms with E-state index in [2.05, 4.69) is 9.44 Å². The van der Waals surface area contributed by atoms with Crippen LogP contribution in [-0.4, -0.2) is 31.1 Å². The molecule has 8 nitrogen and oxygen atoms in total. The molecule has 0 aliphatic heterocycles. The molecule has 0 atom stereocenters. The quantitative estimate of drug-likeness (QED) is 0.382. The van der Waals surface area contributed by atoms with Crippen LogP contribution in [0.3, 0.4) is 0 Å². The van der Waals surface area contributed by atoms with Crippen LogP contribution >= 0.6 is 22.6 Å². The van der Waals surface area contributed by atoms with Crippen molar-refractivity contribution in [2.75, 3.05) is 23.7 Å². The van der Waals surface area contributed by atoms with Crippen molar-refractivity contribution in [2.24, 2.45) is 0 Å². The van der Waals surface area contributed by atoms with E-state index in [1.807, 2.05) is 29.5 Å². The van der Waals surface area contributed by atoms with Gasteiger partial charge in [-0.05, 0) is 89.7 Å². The molecular weight excluding hydrogens is 567 g/mol. The van der Waals surface area contributed by atoms with Gasteiger partial charge in [-0.15, -0.1) is 0 Å². The predicted molar refractivity (Wildman–Crippen MR) is 132 cm³/mol. The summed E-state index contributed by atoms with van der Waals surface area (Å²) in [5.74, 6) is 0.953. The summed E-state index contributed by atoms with van der Waals surface area (Å²) in [6.07, 6.45) is 0. The number of methoxy groups -OCH3 is 2. The Bertz CT molecular complexity index is 1340. The molecule has 3 rings (SSSR count). The van der Waals surface area contributed by atoms with Gasteiger partial charge >= 0.3 is 0 Å². The SMILES string of the molecule is COc1ccc(S(=O)(=O)Nc2ccc(S(=O)(=O)Nc3cc(C)ccc3OC)cc2)cc1I. The number of sulfonamides is 2. The van der Waals surface area contributed by atoms with Gasteiger partial charge in [0.25, 0.3) is 20.0 Å². The molecule has 0 radical (unpaired) electrons. The number of hydrogen-bond acceptors (Lipinski definition) is 6. The largest absolute Gasteiger partial charge is 0.496 e. The molecule has 0 saturated carbocycles. The second-order valence-electron chi connectivity index (χ2n) is 6.74. The zero-order valence-corrected chi connectivity index (χ0v) is 21.2. The van der Waals surface area contributed by atoms with Crippen molar-refractivity contribution in [3.8, 4) is 11.5 Å². The molecule has 0 heterocycles. The Labute approximate surface area is 201 Å². The number of nitrogens with one attached hydrogen (secondary N) is 2. The van der Waals surface area contributed by atoms with Gasteiger partial charge in [-0.3, -0.25) is 9.44 Å². The van der Waals surface area contributed by atoms with Crippen LogP contribution in [0.4, 0.5) is 11.4 Å². The summed E-state index contributed by atoms with van der Waals surface area (Å²) in [7, 11) is -4.82. The van der Waals surface area contributed by atoms with Crippen molar-refractivity contribution < 1.29 is 26.3 Å². The molecule has 0 unspecified atom stereocenters. The molecule has 0 saturated heterocycles. The molecule has 0 spiro atoms. The summed E-state index contributed by atoms with van der Waals surface area (Å²) in [6, 6.07) is 15.0. The summed E-state index contributed by atoms with van der Waals surface area (Å²) in [5.41, 5.74) is 1.40. The molecule has 0 bridgehead atoms. The van der Waals surface area contributed by atoms with Crippen LogP contribution in [0.5, 0.6) is 11.5 Å². The van der Waals surface area contributed by atoms with Gasteiger partial charge in [-0.2, -0.15) is 0 Å². The average molecular weight is 588 g/mol. The van der Waals surface area contributed by atoms with E-state index >= 15 is 0 Å². The van der Waals surface area contributed by atoms with Crippen LogP contribution in [-0.2, 0) is 20.0 Å². The summed E-state index contributed by atoms with van der Waals surface area (Å²) in [5, 5.41) is 0. The molecule has 0 aromatic heterocycles. The lowest BCUT2D eigenvalue weighted by molar-refractivity contribution is 0.411. The van der Waals surface area contributed by atoms with E-state index in [4.69, 9.17) is 9.47 Å². The van der Waals surface area contributed by atoms with Crippen LogP contribution in [0.25, 0.3) is 0 Å². The normalized spacial score (nSPS) is 11.6. The van der Waals surface area contributed by atoms with Crippen LogP contribution < -0.4 is 18.9 Å². The van der Waals surface area contributed by atoms with Crippen molar-refractivity contribution in [3.05, 3.63) is 69.8 Å². The number of aryl methyl sites for hydroxylation is 1. The van der Waals surface area contributed by atoms with E-state index in [1.165, 1.54) is 50.6 Å². The average Bonchev–Trinajstić information content (AvgIpc) is 2.73. The first kappa shape index (κ1) is 24.1. The van der Waals surface area contributed by atoms with Gasteiger partial charge in [0.1, 0.15) is 11.5 Å². The zero-order valence-electron chi connectivity index (χ0n) is 17.4. The highest BCUT2D eigenvalue weighted by Crippen LogP contribution is 2.29. The maximum absolute atomic E-state index is 12.8. The molecule has 3 aromatic carbocycles. The first-order valence-corrected chi connectivity index (χ1v) is 13.2. The summed E-state index contributed by atoms with van der Waals surface area (Å²) >= 11 is 1.99. The van der Waals surface area contributed by atoms with Gasteiger partial charge < -0.3 is 9.47 Å². The van der Waals surface area contributed by atoms with Crippen LogP contribution in [0.15, 0.2) is 70.5 Å². The Kier molecular flexibility index (Phi) is 7.20. The van der Waals surface area contributed by atoms with Crippen molar-refractivity contribution in [1.82, 2.24) is 0 Å². The minimum atomic E-state index is -3.91. The Balaban J connectivity index is 1.81. The second-order valence-corrected chi connectivity index (χ2v) is 11.3. The molecule has 3 aromatic rings. The van der Waals surface area contributed by atoms with Crippen molar-refractivity contribution in [3.63, 3.8) is 0 Å². The van der Waals surface area contributed by atoms with Gasteiger partial charge in [0, 0.05) is 5.69 Å². The summed E-state index contributed by atoms with van der Waals surface area (Å²) < 4.78 is 66.9. The second kappa shape index (κ2) is 9.55. The molecular formula is C21H21IN2O6S2. The van der Waals surface area contributed by atoms with E-state index in [0.29, 0.717) is 20.8 Å². The van der Waals surface area contributed by atoms with Crippen molar-refractivity contribution >= 4 is 54.0 Å². The highest BCUT2D eigenvalue weighted by molar-refractivity contribution is 14.1. The lowest BCUT2D eigenvalue weighted by atomic mass is 10.2. The number of benzene rings is 3. The highest BCUT2D eigenvalue weighted by Gasteiger charge is 2.19. The molecule has 11 heteroatoms. The van der Waals surface area contributed by atoms with E-state index in [1.54, 1.807) is 24.3 Å². The van der Waals surface area contributed by atoms with E-state index in [-0.39, 0.29) is 15.5 Å². The van der Waals surface area contributed by atoms with Gasteiger partial charge in [-0.1, -0.05) is 6.07 Å². The maximum Gasteiger partial charge on any atom is 0.262 e. The minimum absolute atomic E-state index is 0.0250. The fourth-order valence-corrected chi connectivity index (χ4v) is 5.93. The van der Waals surface area contributed by atoms with Gasteiger partial charge in [0.15, 0.2) is 0 Å². The Morgan fingerprint density at radius 1 is 0.719 bits per heavy atom. The van der Waals surface area contributed by atoms with Crippen LogP contribution in [0.1, 0.15) is 5.56 Å². The third-order valence-corrected chi connectivity index (χ3v) is 8.05. The highest BCUT2D eigenvalue weighted by atomic mass is 127. The van der Waals surface area contributed by atoms with Gasteiger partial charge in [-0.25, -0.2) is 16.8 Å². The summed E-state index contributed by atoms with van der Waals surface area (Å²) in [4.78, 5) is 0.0376. The monoisotopic (exact) mass is 588 g/mol. The lowest BCUT2D eigenvalue weighted by Gasteiger charge is -2.13. The molecule has 32 heavy (non-hydrogen) atoms. The first-order chi connectivity index (χ1) is 15.1. The Morgan fingerprint density at radius 2 is 1.28 bits per heavy atom. The maximum atomic E-state index is 12.8. The van der Waals surface area contributed by atoms with E-state index < -0.39 is 20.0 Å². The molecule has 0 fully saturated rings. The molecule has 0 amide bonds. The number of anilines is 2. The fourth-order valence-electron chi connectivity index (χ4n) is 2.84. The molecule has 2 N–H and O–H groups in total. The first-order valence-electron chi connectivity index (χ1n) is 9.19. The molecule has 0 aliphatic rings. The van der Waals surface area contributed by atoms with Crippen LogP contribution in [0, 0.1) is 10.5 Å². The smallest absolute Gasteiger partial charge is 0.262 e. The standard InChI is InChI=1S/C21H21IN2O6S2/c1-14-4-10-21(30-3)19(12-14)24-31(25,26)16-7-5-15(6-8-16)23-32(27,28)17-9-11-20(29-2)18(22)13-17/h4-13,23-24H,1-3H3. The molecule has 170 valence electrons. The lowest BCUT2D eigenvalue weighted by Crippen LogP contribution is -2.15.